The van der Waals surface area contributed by atoms with E-state index in [9.17, 15) is 18.3 Å². The molecule has 3 nitrogen and oxygen atoms in total. The number of aliphatic hydroxyl groups excluding tert-OH is 1. The molecule has 1 aromatic rings. The van der Waals surface area contributed by atoms with E-state index < -0.39 is 23.9 Å². The van der Waals surface area contributed by atoms with E-state index in [1.807, 2.05) is 4.90 Å². The number of rotatable bonds is 3. The van der Waals surface area contributed by atoms with Crippen LogP contribution in [0.25, 0.3) is 0 Å². The highest BCUT2D eigenvalue weighted by molar-refractivity contribution is 5.33. The van der Waals surface area contributed by atoms with Crippen molar-refractivity contribution in [2.75, 3.05) is 26.3 Å². The van der Waals surface area contributed by atoms with Crippen molar-refractivity contribution in [1.29, 1.82) is 0 Å². The van der Waals surface area contributed by atoms with Crippen LogP contribution in [0.2, 0.25) is 0 Å². The van der Waals surface area contributed by atoms with E-state index in [1.165, 1.54) is 12.1 Å². The third-order valence-electron chi connectivity index (χ3n) is 4.40. The fourth-order valence-corrected chi connectivity index (χ4v) is 3.40. The zero-order valence-electron chi connectivity index (χ0n) is 12.7. The second-order valence-corrected chi connectivity index (χ2v) is 6.12. The van der Waals surface area contributed by atoms with Crippen LogP contribution < -0.4 is 0 Å². The summed E-state index contributed by atoms with van der Waals surface area (Å²) in [5.41, 5.74) is 0.701. The van der Waals surface area contributed by atoms with E-state index in [0.717, 1.165) is 18.1 Å². The predicted molar refractivity (Wildman–Crippen MR) is 79.9 cm³/mol. The van der Waals surface area contributed by atoms with Crippen LogP contribution in [0, 0.1) is 0 Å². The van der Waals surface area contributed by atoms with Crippen molar-refractivity contribution in [3.05, 3.63) is 47.0 Å². The summed E-state index contributed by atoms with van der Waals surface area (Å²) >= 11 is 0. The van der Waals surface area contributed by atoms with Crippen LogP contribution in [0.15, 0.2) is 35.9 Å². The highest BCUT2D eigenvalue weighted by Gasteiger charge is 2.39. The smallest absolute Gasteiger partial charge is 0.392 e. The van der Waals surface area contributed by atoms with Crippen molar-refractivity contribution in [2.24, 2.45) is 0 Å². The summed E-state index contributed by atoms with van der Waals surface area (Å²) in [7, 11) is 0. The lowest BCUT2D eigenvalue weighted by Crippen LogP contribution is -2.30. The average Bonchev–Trinajstić information content (AvgIpc) is 2.88. The van der Waals surface area contributed by atoms with Gasteiger partial charge >= 0.3 is 6.18 Å². The molecule has 1 N–H and O–H groups in total. The monoisotopic (exact) mass is 327 g/mol. The summed E-state index contributed by atoms with van der Waals surface area (Å²) in [6.45, 7) is 2.12. The molecule has 1 saturated heterocycles. The molecule has 0 bridgehead atoms. The Hall–Kier alpha value is -1.37. The van der Waals surface area contributed by atoms with Crippen LogP contribution >= 0.6 is 0 Å². The minimum Gasteiger partial charge on any atom is -0.392 e. The van der Waals surface area contributed by atoms with Crippen molar-refractivity contribution >= 4 is 0 Å². The highest BCUT2D eigenvalue weighted by atomic mass is 19.4. The number of halogens is 3. The fraction of sp³-hybridized carbons (Fsp3) is 0.529. The molecule has 1 aromatic carbocycles. The second kappa shape index (κ2) is 6.63. The van der Waals surface area contributed by atoms with Gasteiger partial charge in [0.05, 0.1) is 24.9 Å². The maximum Gasteiger partial charge on any atom is 0.416 e. The summed E-state index contributed by atoms with van der Waals surface area (Å²) in [5, 5.41) is 9.98. The third kappa shape index (κ3) is 3.76. The highest BCUT2D eigenvalue weighted by Crippen LogP contribution is 2.40. The first kappa shape index (κ1) is 16.5. The zero-order valence-corrected chi connectivity index (χ0v) is 12.7. The summed E-state index contributed by atoms with van der Waals surface area (Å²) < 4.78 is 45.2. The number of nitrogens with zero attached hydrogens (tertiary/aromatic N) is 1. The summed E-state index contributed by atoms with van der Waals surface area (Å²) in [6, 6.07) is 5.23. The van der Waals surface area contributed by atoms with Gasteiger partial charge in [0.15, 0.2) is 0 Å². The van der Waals surface area contributed by atoms with Gasteiger partial charge in [-0.25, -0.2) is 0 Å². The van der Waals surface area contributed by atoms with Gasteiger partial charge in [-0.2, -0.15) is 13.2 Å². The van der Waals surface area contributed by atoms with E-state index in [0.29, 0.717) is 32.7 Å². The third-order valence-corrected chi connectivity index (χ3v) is 4.40. The molecular weight excluding hydrogens is 307 g/mol. The SMILES string of the molecule is O[C@@H]1C[C@@H](c2ccccc2C(F)(F)F)N(CC2=CCCOC2)C1. The number of hydrogen-bond donors (Lipinski definition) is 1. The Morgan fingerprint density at radius 2 is 2.04 bits per heavy atom. The number of ether oxygens (including phenoxy) is 1. The lowest BCUT2D eigenvalue weighted by atomic mass is 9.97. The summed E-state index contributed by atoms with van der Waals surface area (Å²) in [6.07, 6.45) is -1.76. The molecule has 0 radical (unpaired) electrons. The lowest BCUT2D eigenvalue weighted by molar-refractivity contribution is -0.138. The Labute approximate surface area is 133 Å². The number of hydrogen-bond acceptors (Lipinski definition) is 3. The van der Waals surface area contributed by atoms with Gasteiger partial charge in [0.25, 0.3) is 0 Å². The van der Waals surface area contributed by atoms with Crippen LogP contribution in [-0.4, -0.2) is 42.4 Å². The Morgan fingerprint density at radius 1 is 1.26 bits per heavy atom. The molecule has 6 heteroatoms. The van der Waals surface area contributed by atoms with E-state index in [1.54, 1.807) is 6.07 Å². The van der Waals surface area contributed by atoms with E-state index in [-0.39, 0.29) is 5.56 Å². The number of likely N-dealkylation sites (tertiary alicyclic amines) is 1. The quantitative estimate of drug-likeness (QED) is 0.866. The molecule has 2 heterocycles. The Morgan fingerprint density at radius 3 is 2.74 bits per heavy atom. The zero-order chi connectivity index (χ0) is 16.4. The van der Waals surface area contributed by atoms with E-state index >= 15 is 0 Å². The predicted octanol–water partition coefficient (Wildman–Crippen LogP) is 3.16. The average molecular weight is 327 g/mol. The van der Waals surface area contributed by atoms with Gasteiger partial charge in [-0.1, -0.05) is 24.3 Å². The molecule has 1 fully saturated rings. The van der Waals surface area contributed by atoms with Crippen LogP contribution in [0.3, 0.4) is 0 Å². The molecule has 0 spiro atoms. The van der Waals surface area contributed by atoms with Gasteiger partial charge in [-0.05, 0) is 30.0 Å². The van der Waals surface area contributed by atoms with Crippen molar-refractivity contribution in [3.8, 4) is 0 Å². The van der Waals surface area contributed by atoms with Crippen LogP contribution in [0.1, 0.15) is 30.0 Å². The minimum absolute atomic E-state index is 0.244. The fourth-order valence-electron chi connectivity index (χ4n) is 3.40. The Balaban J connectivity index is 1.86. The molecule has 0 saturated carbocycles. The molecule has 3 rings (SSSR count). The first-order valence-electron chi connectivity index (χ1n) is 7.79. The number of alkyl halides is 3. The standard InChI is InChI=1S/C17H20F3NO2/c18-17(19,20)15-6-2-1-5-14(15)16-8-13(22)10-21(16)9-12-4-3-7-23-11-12/h1-2,4-6,13,16,22H,3,7-11H2/t13-,16+/m1/s1. The van der Waals surface area contributed by atoms with Gasteiger partial charge in [0.1, 0.15) is 0 Å². The maximum absolute atomic E-state index is 13.3. The number of β-amino-alcohol motifs (C(OH)–C–C–N with tert-alkyl or cyclic N) is 1. The molecule has 2 aliphatic heterocycles. The lowest BCUT2D eigenvalue weighted by Gasteiger charge is -2.28. The number of benzene rings is 1. The second-order valence-electron chi connectivity index (χ2n) is 6.12. The molecule has 0 unspecified atom stereocenters. The first-order valence-corrected chi connectivity index (χ1v) is 7.79. The van der Waals surface area contributed by atoms with Crippen LogP contribution in [0.4, 0.5) is 13.2 Å². The van der Waals surface area contributed by atoms with Crippen LogP contribution in [-0.2, 0) is 10.9 Å². The van der Waals surface area contributed by atoms with E-state index in [2.05, 4.69) is 6.08 Å². The van der Waals surface area contributed by atoms with Gasteiger partial charge in [0.2, 0.25) is 0 Å². The maximum atomic E-state index is 13.3. The van der Waals surface area contributed by atoms with E-state index in [4.69, 9.17) is 4.74 Å². The van der Waals surface area contributed by atoms with Gasteiger partial charge in [-0.3, -0.25) is 4.90 Å². The normalized spacial score (nSPS) is 26.3. The molecular formula is C17H20F3NO2. The first-order chi connectivity index (χ1) is 10.9. The van der Waals surface area contributed by atoms with Crippen molar-refractivity contribution < 1.29 is 23.0 Å². The van der Waals surface area contributed by atoms with Gasteiger partial charge < -0.3 is 9.84 Å². The van der Waals surface area contributed by atoms with Crippen molar-refractivity contribution in [1.82, 2.24) is 4.90 Å². The Bertz CT molecular complexity index is 585. The minimum atomic E-state index is -4.39. The summed E-state index contributed by atoms with van der Waals surface area (Å²) in [5.74, 6) is 0. The topological polar surface area (TPSA) is 32.7 Å². The molecule has 23 heavy (non-hydrogen) atoms. The van der Waals surface area contributed by atoms with Gasteiger partial charge in [-0.15, -0.1) is 0 Å². The van der Waals surface area contributed by atoms with Crippen molar-refractivity contribution in [3.63, 3.8) is 0 Å². The molecule has 0 aromatic heterocycles. The van der Waals surface area contributed by atoms with Crippen LogP contribution in [0.5, 0.6) is 0 Å². The van der Waals surface area contributed by atoms with Gasteiger partial charge in [0, 0.05) is 19.1 Å². The number of aliphatic hydroxyl groups is 1. The molecule has 2 atom stereocenters. The molecule has 0 amide bonds. The molecule has 126 valence electrons. The largest absolute Gasteiger partial charge is 0.416 e. The van der Waals surface area contributed by atoms with Crippen molar-refractivity contribution in [2.45, 2.75) is 31.2 Å². The Kier molecular flexibility index (Phi) is 4.75. The summed E-state index contributed by atoms with van der Waals surface area (Å²) in [4.78, 5) is 1.93. The molecule has 2 aliphatic rings. The molecule has 0 aliphatic carbocycles.